The Morgan fingerprint density at radius 3 is 2.11 bits per heavy atom. The Labute approximate surface area is 110 Å². The SMILES string of the molecule is N#CCN(C(=O)C1CCCCCC1)C1CCCC1. The van der Waals surface area contributed by atoms with Gasteiger partial charge in [0.05, 0.1) is 6.07 Å². The lowest BCUT2D eigenvalue weighted by molar-refractivity contribution is -0.137. The molecule has 2 aliphatic carbocycles. The zero-order valence-corrected chi connectivity index (χ0v) is 11.2. The monoisotopic (exact) mass is 248 g/mol. The molecule has 0 heterocycles. The molecule has 2 fully saturated rings. The van der Waals surface area contributed by atoms with Gasteiger partial charge in [-0.3, -0.25) is 4.79 Å². The fourth-order valence-corrected chi connectivity index (χ4v) is 3.44. The van der Waals surface area contributed by atoms with Crippen molar-refractivity contribution in [2.24, 2.45) is 5.92 Å². The van der Waals surface area contributed by atoms with Gasteiger partial charge in [0.15, 0.2) is 0 Å². The highest BCUT2D eigenvalue weighted by atomic mass is 16.2. The Balaban J connectivity index is 1.99. The fraction of sp³-hybridized carbons (Fsp3) is 0.867. The van der Waals surface area contributed by atoms with Crippen molar-refractivity contribution < 1.29 is 4.79 Å². The molecule has 2 aliphatic rings. The number of carbonyl (C=O) groups is 1. The van der Waals surface area contributed by atoms with E-state index in [4.69, 9.17) is 5.26 Å². The van der Waals surface area contributed by atoms with E-state index < -0.39 is 0 Å². The summed E-state index contributed by atoms with van der Waals surface area (Å²) in [4.78, 5) is 14.5. The number of hydrogen-bond acceptors (Lipinski definition) is 2. The summed E-state index contributed by atoms with van der Waals surface area (Å²) in [6.07, 6.45) is 11.6. The average Bonchev–Trinajstić information content (AvgIpc) is 2.77. The molecule has 0 radical (unpaired) electrons. The van der Waals surface area contributed by atoms with Crippen LogP contribution in [0.1, 0.15) is 64.2 Å². The highest BCUT2D eigenvalue weighted by molar-refractivity contribution is 5.79. The summed E-state index contributed by atoms with van der Waals surface area (Å²) in [5.41, 5.74) is 0. The molecule has 0 spiro atoms. The van der Waals surface area contributed by atoms with Crippen molar-refractivity contribution in [1.29, 1.82) is 5.26 Å². The predicted octanol–water partition coefficient (Wildman–Crippen LogP) is 3.25. The Hall–Kier alpha value is -1.04. The van der Waals surface area contributed by atoms with E-state index in [1.165, 1.54) is 38.5 Å². The van der Waals surface area contributed by atoms with E-state index in [2.05, 4.69) is 6.07 Å². The molecular formula is C15H24N2O. The molecule has 0 bridgehead atoms. The van der Waals surface area contributed by atoms with Crippen LogP contribution >= 0.6 is 0 Å². The fourth-order valence-electron chi connectivity index (χ4n) is 3.44. The van der Waals surface area contributed by atoms with Gasteiger partial charge in [-0.15, -0.1) is 0 Å². The molecule has 0 N–H and O–H groups in total. The van der Waals surface area contributed by atoms with Crippen LogP contribution in [0.2, 0.25) is 0 Å². The molecule has 0 aromatic rings. The summed E-state index contributed by atoms with van der Waals surface area (Å²) in [5, 5.41) is 8.96. The summed E-state index contributed by atoms with van der Waals surface area (Å²) in [6.45, 7) is 0.292. The van der Waals surface area contributed by atoms with Crippen LogP contribution in [0, 0.1) is 17.2 Å². The van der Waals surface area contributed by atoms with Crippen LogP contribution in [-0.2, 0) is 4.79 Å². The van der Waals surface area contributed by atoms with Crippen molar-refractivity contribution in [1.82, 2.24) is 4.90 Å². The van der Waals surface area contributed by atoms with E-state index in [1.807, 2.05) is 4.90 Å². The second-order valence-corrected chi connectivity index (χ2v) is 5.75. The van der Waals surface area contributed by atoms with Gasteiger partial charge in [0.25, 0.3) is 0 Å². The molecule has 0 aromatic carbocycles. The molecule has 18 heavy (non-hydrogen) atoms. The van der Waals surface area contributed by atoms with Crippen LogP contribution in [0.15, 0.2) is 0 Å². The van der Waals surface area contributed by atoms with Crippen molar-refractivity contribution in [2.75, 3.05) is 6.54 Å². The van der Waals surface area contributed by atoms with Crippen molar-refractivity contribution in [3.8, 4) is 6.07 Å². The molecular weight excluding hydrogens is 224 g/mol. The van der Waals surface area contributed by atoms with Gasteiger partial charge >= 0.3 is 0 Å². The average molecular weight is 248 g/mol. The molecule has 0 aliphatic heterocycles. The van der Waals surface area contributed by atoms with Crippen molar-refractivity contribution in [2.45, 2.75) is 70.3 Å². The molecule has 0 aromatic heterocycles. The normalized spacial score (nSPS) is 22.4. The van der Waals surface area contributed by atoms with Crippen LogP contribution < -0.4 is 0 Å². The van der Waals surface area contributed by atoms with Crippen molar-refractivity contribution in [3.63, 3.8) is 0 Å². The van der Waals surface area contributed by atoms with Gasteiger partial charge in [0.2, 0.25) is 5.91 Å². The van der Waals surface area contributed by atoms with Crippen LogP contribution in [0.4, 0.5) is 0 Å². The van der Waals surface area contributed by atoms with Crippen molar-refractivity contribution >= 4 is 5.91 Å². The maximum atomic E-state index is 12.6. The quantitative estimate of drug-likeness (QED) is 0.568. The Kier molecular flexibility index (Phi) is 5.04. The standard InChI is InChI=1S/C15H24N2O/c16-11-12-17(14-9-5-6-10-14)15(18)13-7-3-1-2-4-8-13/h13-14H,1-10,12H2. The predicted molar refractivity (Wildman–Crippen MR) is 70.8 cm³/mol. The smallest absolute Gasteiger partial charge is 0.226 e. The molecule has 100 valence electrons. The van der Waals surface area contributed by atoms with E-state index in [0.717, 1.165) is 25.7 Å². The highest BCUT2D eigenvalue weighted by Crippen LogP contribution is 2.29. The zero-order valence-electron chi connectivity index (χ0n) is 11.2. The maximum Gasteiger partial charge on any atom is 0.226 e. The molecule has 0 atom stereocenters. The number of carbonyl (C=O) groups excluding carboxylic acids is 1. The molecule has 1 amide bonds. The molecule has 3 nitrogen and oxygen atoms in total. The lowest BCUT2D eigenvalue weighted by Crippen LogP contribution is -2.42. The molecule has 3 heteroatoms. The first-order valence-electron chi connectivity index (χ1n) is 7.50. The van der Waals surface area contributed by atoms with Gasteiger partial charge in [0, 0.05) is 12.0 Å². The molecule has 0 saturated heterocycles. The lowest BCUT2D eigenvalue weighted by Gasteiger charge is -2.30. The maximum absolute atomic E-state index is 12.6. The van der Waals surface area contributed by atoms with E-state index in [-0.39, 0.29) is 11.8 Å². The summed E-state index contributed by atoms with van der Waals surface area (Å²) in [5.74, 6) is 0.465. The first kappa shape index (κ1) is 13.4. The minimum Gasteiger partial charge on any atom is -0.326 e. The van der Waals surface area contributed by atoms with Gasteiger partial charge in [-0.05, 0) is 25.7 Å². The summed E-state index contributed by atoms with van der Waals surface area (Å²) >= 11 is 0. The number of hydrogen-bond donors (Lipinski definition) is 0. The van der Waals surface area contributed by atoms with E-state index >= 15 is 0 Å². The van der Waals surface area contributed by atoms with Crippen LogP contribution in [0.3, 0.4) is 0 Å². The number of rotatable bonds is 3. The number of nitrogens with zero attached hydrogens (tertiary/aromatic N) is 2. The zero-order chi connectivity index (χ0) is 12.8. The van der Waals surface area contributed by atoms with Gasteiger partial charge in [-0.2, -0.15) is 5.26 Å². The lowest BCUT2D eigenvalue weighted by atomic mass is 9.97. The largest absolute Gasteiger partial charge is 0.326 e. The van der Waals surface area contributed by atoms with Gasteiger partial charge in [-0.1, -0.05) is 38.5 Å². The summed E-state index contributed by atoms with van der Waals surface area (Å²) in [6, 6.07) is 2.53. The Bertz CT molecular complexity index is 307. The minimum atomic E-state index is 0.196. The molecule has 2 saturated carbocycles. The van der Waals surface area contributed by atoms with Gasteiger partial charge in [-0.25, -0.2) is 0 Å². The second kappa shape index (κ2) is 6.78. The number of nitriles is 1. The second-order valence-electron chi connectivity index (χ2n) is 5.75. The highest BCUT2D eigenvalue weighted by Gasteiger charge is 2.31. The van der Waals surface area contributed by atoms with Gasteiger partial charge in [0.1, 0.15) is 6.54 Å². The van der Waals surface area contributed by atoms with E-state index in [9.17, 15) is 4.79 Å². The van der Waals surface area contributed by atoms with Crippen molar-refractivity contribution in [3.05, 3.63) is 0 Å². The third-order valence-corrected chi connectivity index (χ3v) is 4.49. The summed E-state index contributed by atoms with van der Waals surface area (Å²) < 4.78 is 0. The van der Waals surface area contributed by atoms with Gasteiger partial charge < -0.3 is 4.90 Å². The minimum absolute atomic E-state index is 0.196. The first-order chi connectivity index (χ1) is 8.83. The molecule has 0 unspecified atom stereocenters. The first-order valence-corrected chi connectivity index (χ1v) is 7.50. The van der Waals surface area contributed by atoms with E-state index in [0.29, 0.717) is 12.6 Å². The third-order valence-electron chi connectivity index (χ3n) is 4.49. The topological polar surface area (TPSA) is 44.1 Å². The Morgan fingerprint density at radius 1 is 1.00 bits per heavy atom. The van der Waals surface area contributed by atoms with Crippen LogP contribution in [-0.4, -0.2) is 23.4 Å². The molecule has 2 rings (SSSR count). The van der Waals surface area contributed by atoms with Crippen LogP contribution in [0.5, 0.6) is 0 Å². The summed E-state index contributed by atoms with van der Waals surface area (Å²) in [7, 11) is 0. The van der Waals surface area contributed by atoms with E-state index in [1.54, 1.807) is 0 Å². The Morgan fingerprint density at radius 2 is 1.56 bits per heavy atom. The third kappa shape index (κ3) is 3.25. The van der Waals surface area contributed by atoms with Crippen LogP contribution in [0.25, 0.3) is 0 Å². The number of amides is 1.